The number of carbonyl (C=O) groups is 2. The van der Waals surface area contributed by atoms with Crippen LogP contribution in [-0.2, 0) is 4.79 Å². The number of hydrogen-bond acceptors (Lipinski definition) is 2. The summed E-state index contributed by atoms with van der Waals surface area (Å²) in [6.45, 7) is 5.73. The van der Waals surface area contributed by atoms with Gasteiger partial charge >= 0.3 is 5.97 Å². The first kappa shape index (κ1) is 15.6. The minimum atomic E-state index is -0.926. The highest BCUT2D eigenvalue weighted by Gasteiger charge is 2.19. The molecule has 1 atom stereocenters. The summed E-state index contributed by atoms with van der Waals surface area (Å²) in [7, 11) is 0. The van der Waals surface area contributed by atoms with Crippen molar-refractivity contribution in [3.8, 4) is 0 Å². The fourth-order valence-corrected chi connectivity index (χ4v) is 2.03. The van der Waals surface area contributed by atoms with Crippen molar-refractivity contribution < 1.29 is 14.7 Å². The van der Waals surface area contributed by atoms with E-state index in [4.69, 9.17) is 16.7 Å². The molecule has 1 rings (SSSR count). The Labute approximate surface area is 117 Å². The fourth-order valence-electron chi connectivity index (χ4n) is 1.82. The number of carbonyl (C=O) groups excluding carboxylic acids is 1. The van der Waals surface area contributed by atoms with E-state index in [1.807, 2.05) is 20.8 Å². The Morgan fingerprint density at radius 2 is 2.11 bits per heavy atom. The Kier molecular flexibility index (Phi) is 5.42. The van der Waals surface area contributed by atoms with Crippen LogP contribution < -0.4 is 5.32 Å². The van der Waals surface area contributed by atoms with Gasteiger partial charge in [-0.15, -0.1) is 0 Å². The first-order chi connectivity index (χ1) is 8.85. The van der Waals surface area contributed by atoms with Gasteiger partial charge in [-0.1, -0.05) is 18.5 Å². The van der Waals surface area contributed by atoms with Crippen LogP contribution in [0.3, 0.4) is 0 Å². The van der Waals surface area contributed by atoms with E-state index < -0.39 is 5.97 Å². The number of nitrogens with one attached hydrogen (secondary N) is 1. The first-order valence-electron chi connectivity index (χ1n) is 6.25. The monoisotopic (exact) mass is 286 g/mol. The molecule has 0 aliphatic rings. The molecule has 5 nitrogen and oxygen atoms in total. The molecule has 1 aromatic heterocycles. The summed E-state index contributed by atoms with van der Waals surface area (Å²) in [5.41, 5.74) is 0.448. The molecule has 1 aromatic rings. The van der Waals surface area contributed by atoms with Crippen LogP contribution in [0.25, 0.3) is 0 Å². The van der Waals surface area contributed by atoms with E-state index in [1.54, 1.807) is 16.8 Å². The quantitative estimate of drug-likeness (QED) is 0.844. The van der Waals surface area contributed by atoms with E-state index in [0.717, 1.165) is 0 Å². The minimum Gasteiger partial charge on any atom is -0.481 e. The number of aromatic nitrogens is 1. The molecule has 0 saturated carbocycles. The van der Waals surface area contributed by atoms with Crippen LogP contribution in [0, 0.1) is 0 Å². The van der Waals surface area contributed by atoms with Gasteiger partial charge < -0.3 is 15.0 Å². The zero-order chi connectivity index (χ0) is 14.6. The molecule has 0 radical (unpaired) electrons. The number of halogens is 1. The molecule has 19 heavy (non-hydrogen) atoms. The maximum Gasteiger partial charge on any atom is 0.305 e. The van der Waals surface area contributed by atoms with Crippen molar-refractivity contribution in [2.75, 3.05) is 0 Å². The lowest BCUT2D eigenvalue weighted by Gasteiger charge is -2.17. The number of carboxylic acid groups (broad SMARTS) is 1. The van der Waals surface area contributed by atoms with Gasteiger partial charge in [0.2, 0.25) is 0 Å². The van der Waals surface area contributed by atoms with Crippen molar-refractivity contribution in [3.63, 3.8) is 0 Å². The lowest BCUT2D eigenvalue weighted by Crippen LogP contribution is -2.37. The highest BCUT2D eigenvalue weighted by Crippen LogP contribution is 2.19. The number of nitrogens with zero attached hydrogens (tertiary/aromatic N) is 1. The second kappa shape index (κ2) is 6.61. The van der Waals surface area contributed by atoms with E-state index in [0.29, 0.717) is 17.1 Å². The molecular formula is C13H19ClN2O3. The highest BCUT2D eigenvalue weighted by molar-refractivity contribution is 6.31. The topological polar surface area (TPSA) is 71.3 Å². The third kappa shape index (κ3) is 4.28. The Bertz CT molecular complexity index is 468. The molecule has 0 saturated heterocycles. The normalized spacial score (nSPS) is 12.5. The van der Waals surface area contributed by atoms with Gasteiger partial charge in [0.1, 0.15) is 5.69 Å². The van der Waals surface area contributed by atoms with Crippen LogP contribution in [0.5, 0.6) is 0 Å². The van der Waals surface area contributed by atoms with E-state index in [-0.39, 0.29) is 24.4 Å². The van der Waals surface area contributed by atoms with Crippen LogP contribution in [0.1, 0.15) is 50.1 Å². The zero-order valence-electron chi connectivity index (χ0n) is 11.3. The zero-order valence-corrected chi connectivity index (χ0v) is 12.1. The predicted molar refractivity (Wildman–Crippen MR) is 73.6 cm³/mol. The smallest absolute Gasteiger partial charge is 0.305 e. The van der Waals surface area contributed by atoms with E-state index in [1.165, 1.54) is 0 Å². The van der Waals surface area contributed by atoms with Gasteiger partial charge in [-0.2, -0.15) is 0 Å². The summed E-state index contributed by atoms with van der Waals surface area (Å²) in [6.07, 6.45) is 2.17. The van der Waals surface area contributed by atoms with Gasteiger partial charge in [0, 0.05) is 18.3 Å². The van der Waals surface area contributed by atoms with Gasteiger partial charge in [0.15, 0.2) is 0 Å². The minimum absolute atomic E-state index is 0.0850. The summed E-state index contributed by atoms with van der Waals surface area (Å²) >= 11 is 5.91. The van der Waals surface area contributed by atoms with Gasteiger partial charge in [-0.3, -0.25) is 9.59 Å². The molecule has 0 aromatic carbocycles. The van der Waals surface area contributed by atoms with Crippen LogP contribution in [0.15, 0.2) is 12.3 Å². The summed E-state index contributed by atoms with van der Waals surface area (Å²) in [5, 5.41) is 12.0. The van der Waals surface area contributed by atoms with Crippen molar-refractivity contribution in [1.82, 2.24) is 9.88 Å². The molecule has 106 valence electrons. The molecule has 2 N–H and O–H groups in total. The first-order valence-corrected chi connectivity index (χ1v) is 6.63. The summed E-state index contributed by atoms with van der Waals surface area (Å²) in [6, 6.07) is 1.32. The molecule has 0 bridgehead atoms. The lowest BCUT2D eigenvalue weighted by atomic mass is 10.1. The number of aliphatic carboxylic acids is 1. The molecule has 0 fully saturated rings. The van der Waals surface area contributed by atoms with Crippen molar-refractivity contribution >= 4 is 23.5 Å². The number of amides is 1. The molecule has 0 aliphatic carbocycles. The molecule has 1 heterocycles. The average Bonchev–Trinajstić information content (AvgIpc) is 2.70. The van der Waals surface area contributed by atoms with Crippen LogP contribution in [-0.4, -0.2) is 27.6 Å². The Balaban J connectivity index is 2.85. The van der Waals surface area contributed by atoms with Crippen LogP contribution in [0.2, 0.25) is 5.02 Å². The molecule has 1 amide bonds. The summed E-state index contributed by atoms with van der Waals surface area (Å²) < 4.78 is 1.77. The van der Waals surface area contributed by atoms with Crippen LogP contribution >= 0.6 is 11.6 Å². The molecule has 0 aliphatic heterocycles. The van der Waals surface area contributed by atoms with Crippen LogP contribution in [0.4, 0.5) is 0 Å². The Morgan fingerprint density at radius 1 is 1.47 bits per heavy atom. The third-order valence-corrected chi connectivity index (χ3v) is 3.06. The lowest BCUT2D eigenvalue weighted by molar-refractivity contribution is -0.137. The van der Waals surface area contributed by atoms with E-state index in [9.17, 15) is 9.59 Å². The second-order valence-corrected chi connectivity index (χ2v) is 5.16. The van der Waals surface area contributed by atoms with Crippen molar-refractivity contribution in [2.45, 2.75) is 45.7 Å². The predicted octanol–water partition coefficient (Wildman–Crippen LogP) is 2.71. The number of carboxylic acids is 1. The Morgan fingerprint density at radius 3 is 2.58 bits per heavy atom. The fraction of sp³-hybridized carbons (Fsp3) is 0.538. The number of rotatable bonds is 6. The van der Waals surface area contributed by atoms with Gasteiger partial charge in [0.05, 0.1) is 11.4 Å². The standard InChI is InChI=1S/C13H19ClN2O3/c1-4-10(6-12(17)18)15-13(19)11-5-9(14)7-16(11)8(2)3/h5,7-8,10H,4,6H2,1-3H3,(H,15,19)(H,17,18). The Hall–Kier alpha value is -1.49. The van der Waals surface area contributed by atoms with Crippen molar-refractivity contribution in [2.24, 2.45) is 0 Å². The van der Waals surface area contributed by atoms with Gasteiger partial charge in [-0.25, -0.2) is 0 Å². The van der Waals surface area contributed by atoms with Crippen molar-refractivity contribution in [3.05, 3.63) is 23.0 Å². The molecular weight excluding hydrogens is 268 g/mol. The second-order valence-electron chi connectivity index (χ2n) is 4.72. The maximum absolute atomic E-state index is 12.2. The average molecular weight is 287 g/mol. The largest absolute Gasteiger partial charge is 0.481 e. The molecule has 6 heteroatoms. The molecule has 1 unspecified atom stereocenters. The maximum atomic E-state index is 12.2. The van der Waals surface area contributed by atoms with E-state index >= 15 is 0 Å². The highest BCUT2D eigenvalue weighted by atomic mass is 35.5. The molecule has 0 spiro atoms. The van der Waals surface area contributed by atoms with Gasteiger partial charge in [0.25, 0.3) is 5.91 Å². The third-order valence-electron chi connectivity index (χ3n) is 2.85. The SMILES string of the molecule is CCC(CC(=O)O)NC(=O)c1cc(Cl)cn1C(C)C. The van der Waals surface area contributed by atoms with Gasteiger partial charge in [-0.05, 0) is 26.3 Å². The summed E-state index contributed by atoms with van der Waals surface area (Å²) in [5.74, 6) is -1.22. The van der Waals surface area contributed by atoms with E-state index in [2.05, 4.69) is 5.32 Å². The number of hydrogen-bond donors (Lipinski definition) is 2. The van der Waals surface area contributed by atoms with Crippen molar-refractivity contribution in [1.29, 1.82) is 0 Å². The summed E-state index contributed by atoms with van der Waals surface area (Å²) in [4.78, 5) is 22.8.